The van der Waals surface area contributed by atoms with Crippen molar-refractivity contribution in [2.75, 3.05) is 5.32 Å². The average Bonchev–Trinajstić information content (AvgIpc) is 2.22. The molecule has 2 N–H and O–H groups in total. The SMILES string of the molecule is CC(C)NC(=O)C(C)Nc1c(Cl)cccc1Cl. The van der Waals surface area contributed by atoms with Gasteiger partial charge in [0.15, 0.2) is 0 Å². The van der Waals surface area contributed by atoms with Crippen LogP contribution in [0.4, 0.5) is 5.69 Å². The highest BCUT2D eigenvalue weighted by Crippen LogP contribution is 2.30. The Labute approximate surface area is 111 Å². The lowest BCUT2D eigenvalue weighted by Crippen LogP contribution is -2.41. The lowest BCUT2D eigenvalue weighted by Gasteiger charge is -2.18. The molecule has 3 nitrogen and oxygen atoms in total. The molecule has 0 spiro atoms. The first-order chi connectivity index (χ1) is 7.91. The molecule has 1 amide bonds. The zero-order valence-electron chi connectivity index (χ0n) is 10.1. The molecule has 0 aromatic heterocycles. The Balaban J connectivity index is 2.74. The zero-order chi connectivity index (χ0) is 13.0. The summed E-state index contributed by atoms with van der Waals surface area (Å²) in [5.74, 6) is -0.0870. The molecule has 0 radical (unpaired) electrons. The Kier molecular flexibility index (Phi) is 5.09. The van der Waals surface area contributed by atoms with Crippen LogP contribution in [-0.2, 0) is 4.79 Å². The molecule has 0 fully saturated rings. The fraction of sp³-hybridized carbons (Fsp3) is 0.417. The number of rotatable bonds is 4. The van der Waals surface area contributed by atoms with Crippen molar-refractivity contribution >= 4 is 34.8 Å². The van der Waals surface area contributed by atoms with Crippen LogP contribution < -0.4 is 10.6 Å². The molecule has 94 valence electrons. The van der Waals surface area contributed by atoms with Gasteiger partial charge in [0.2, 0.25) is 5.91 Å². The molecule has 1 aromatic rings. The molecule has 1 unspecified atom stereocenters. The number of nitrogens with one attached hydrogen (secondary N) is 2. The molecule has 1 rings (SSSR count). The van der Waals surface area contributed by atoms with Crippen molar-refractivity contribution in [3.63, 3.8) is 0 Å². The molecule has 0 saturated heterocycles. The van der Waals surface area contributed by atoms with E-state index in [0.29, 0.717) is 15.7 Å². The molecule has 0 aliphatic carbocycles. The highest BCUT2D eigenvalue weighted by molar-refractivity contribution is 6.39. The van der Waals surface area contributed by atoms with Gasteiger partial charge in [-0.15, -0.1) is 0 Å². The highest BCUT2D eigenvalue weighted by Gasteiger charge is 2.15. The summed E-state index contributed by atoms with van der Waals surface area (Å²) in [4.78, 5) is 11.7. The fourth-order valence-corrected chi connectivity index (χ4v) is 1.83. The Hall–Kier alpha value is -0.930. The van der Waals surface area contributed by atoms with E-state index in [9.17, 15) is 4.79 Å². The maximum atomic E-state index is 11.7. The van der Waals surface area contributed by atoms with Crippen molar-refractivity contribution in [2.24, 2.45) is 0 Å². The van der Waals surface area contributed by atoms with E-state index >= 15 is 0 Å². The molecule has 0 saturated carbocycles. The number of anilines is 1. The van der Waals surface area contributed by atoms with Crippen LogP contribution in [0.3, 0.4) is 0 Å². The molecule has 5 heteroatoms. The van der Waals surface area contributed by atoms with Gasteiger partial charge in [-0.2, -0.15) is 0 Å². The number of amides is 1. The Morgan fingerprint density at radius 2 is 1.71 bits per heavy atom. The molecule has 1 atom stereocenters. The normalized spacial score (nSPS) is 12.4. The summed E-state index contributed by atoms with van der Waals surface area (Å²) in [6.45, 7) is 5.58. The van der Waals surface area contributed by atoms with Crippen LogP contribution in [-0.4, -0.2) is 18.0 Å². The van der Waals surface area contributed by atoms with Crippen molar-refractivity contribution < 1.29 is 4.79 Å². The van der Waals surface area contributed by atoms with Gasteiger partial charge in [0, 0.05) is 6.04 Å². The lowest BCUT2D eigenvalue weighted by molar-refractivity contribution is -0.122. The first kappa shape index (κ1) is 14.1. The molecule has 0 aliphatic heterocycles. The number of carbonyl (C=O) groups is 1. The van der Waals surface area contributed by atoms with E-state index < -0.39 is 6.04 Å². The average molecular weight is 275 g/mol. The van der Waals surface area contributed by atoms with Crippen molar-refractivity contribution in [1.29, 1.82) is 0 Å². The number of hydrogen-bond acceptors (Lipinski definition) is 2. The Morgan fingerprint density at radius 3 is 2.18 bits per heavy atom. The third kappa shape index (κ3) is 4.10. The van der Waals surface area contributed by atoms with Gasteiger partial charge in [0.1, 0.15) is 6.04 Å². The third-order valence-electron chi connectivity index (χ3n) is 2.15. The third-order valence-corrected chi connectivity index (χ3v) is 2.78. The standard InChI is InChI=1S/C12H16Cl2N2O/c1-7(2)15-12(17)8(3)16-11-9(13)5-4-6-10(11)14/h4-8,16H,1-3H3,(H,15,17). The van der Waals surface area contributed by atoms with E-state index in [2.05, 4.69) is 10.6 Å². The molecule has 0 heterocycles. The minimum absolute atomic E-state index is 0.0870. The number of carbonyl (C=O) groups excluding carboxylic acids is 1. The van der Waals surface area contributed by atoms with Gasteiger partial charge < -0.3 is 10.6 Å². The molecular formula is C12H16Cl2N2O. The van der Waals surface area contributed by atoms with Gasteiger partial charge in [0.25, 0.3) is 0 Å². The second-order valence-electron chi connectivity index (χ2n) is 4.13. The van der Waals surface area contributed by atoms with Crippen LogP contribution in [0.25, 0.3) is 0 Å². The minimum atomic E-state index is -0.394. The van der Waals surface area contributed by atoms with Crippen LogP contribution in [0.5, 0.6) is 0 Å². The lowest BCUT2D eigenvalue weighted by atomic mass is 10.2. The van der Waals surface area contributed by atoms with E-state index in [1.807, 2.05) is 13.8 Å². The smallest absolute Gasteiger partial charge is 0.242 e. The first-order valence-corrected chi connectivity index (χ1v) is 6.18. The van der Waals surface area contributed by atoms with Crippen molar-refractivity contribution in [3.05, 3.63) is 28.2 Å². The van der Waals surface area contributed by atoms with E-state index in [1.54, 1.807) is 25.1 Å². The van der Waals surface area contributed by atoms with E-state index in [-0.39, 0.29) is 11.9 Å². The molecule has 0 aliphatic rings. The maximum Gasteiger partial charge on any atom is 0.242 e. The van der Waals surface area contributed by atoms with Gasteiger partial charge >= 0.3 is 0 Å². The van der Waals surface area contributed by atoms with Crippen LogP contribution >= 0.6 is 23.2 Å². The van der Waals surface area contributed by atoms with E-state index in [1.165, 1.54) is 0 Å². The first-order valence-electron chi connectivity index (χ1n) is 5.42. The van der Waals surface area contributed by atoms with Crippen molar-refractivity contribution in [2.45, 2.75) is 32.9 Å². The fourth-order valence-electron chi connectivity index (χ4n) is 1.33. The zero-order valence-corrected chi connectivity index (χ0v) is 11.6. The quantitative estimate of drug-likeness (QED) is 0.885. The molecule has 17 heavy (non-hydrogen) atoms. The molecule has 1 aromatic carbocycles. The summed E-state index contributed by atoms with van der Waals surface area (Å²) in [5.41, 5.74) is 0.585. The number of benzene rings is 1. The van der Waals surface area contributed by atoms with E-state index in [0.717, 1.165) is 0 Å². The summed E-state index contributed by atoms with van der Waals surface area (Å²) in [6, 6.07) is 4.92. The van der Waals surface area contributed by atoms with Gasteiger partial charge in [-0.3, -0.25) is 4.79 Å². The summed E-state index contributed by atoms with van der Waals surface area (Å²) in [5, 5.41) is 6.82. The number of para-hydroxylation sites is 1. The van der Waals surface area contributed by atoms with Crippen LogP contribution in [0, 0.1) is 0 Å². The van der Waals surface area contributed by atoms with Gasteiger partial charge in [-0.05, 0) is 32.9 Å². The highest BCUT2D eigenvalue weighted by atomic mass is 35.5. The maximum absolute atomic E-state index is 11.7. The van der Waals surface area contributed by atoms with Gasteiger partial charge in [0.05, 0.1) is 15.7 Å². The summed E-state index contributed by atoms with van der Waals surface area (Å²) in [6.07, 6.45) is 0. The van der Waals surface area contributed by atoms with Crippen LogP contribution in [0.1, 0.15) is 20.8 Å². The van der Waals surface area contributed by atoms with Crippen LogP contribution in [0.15, 0.2) is 18.2 Å². The second-order valence-corrected chi connectivity index (χ2v) is 4.94. The second kappa shape index (κ2) is 6.12. The topological polar surface area (TPSA) is 41.1 Å². The summed E-state index contributed by atoms with van der Waals surface area (Å²) >= 11 is 12.0. The van der Waals surface area contributed by atoms with Crippen LogP contribution in [0.2, 0.25) is 10.0 Å². The van der Waals surface area contributed by atoms with Gasteiger partial charge in [-0.1, -0.05) is 29.3 Å². The van der Waals surface area contributed by atoms with E-state index in [4.69, 9.17) is 23.2 Å². The number of halogens is 2. The Bertz CT molecular complexity index is 387. The predicted octanol–water partition coefficient (Wildman–Crippen LogP) is 3.32. The van der Waals surface area contributed by atoms with Gasteiger partial charge in [-0.25, -0.2) is 0 Å². The summed E-state index contributed by atoms with van der Waals surface area (Å²) in [7, 11) is 0. The minimum Gasteiger partial charge on any atom is -0.371 e. The van der Waals surface area contributed by atoms with Crippen molar-refractivity contribution in [1.82, 2.24) is 5.32 Å². The monoisotopic (exact) mass is 274 g/mol. The summed E-state index contributed by atoms with van der Waals surface area (Å²) < 4.78 is 0. The van der Waals surface area contributed by atoms with Crippen molar-refractivity contribution in [3.8, 4) is 0 Å². The molecule has 0 bridgehead atoms. The largest absolute Gasteiger partial charge is 0.371 e. The molecular weight excluding hydrogens is 259 g/mol. The Morgan fingerprint density at radius 1 is 1.18 bits per heavy atom. The number of hydrogen-bond donors (Lipinski definition) is 2. The predicted molar refractivity (Wildman–Crippen MR) is 72.8 cm³/mol.